The van der Waals surface area contributed by atoms with Crippen LogP contribution in [0.4, 0.5) is 5.00 Å². The van der Waals surface area contributed by atoms with Gasteiger partial charge in [-0.2, -0.15) is 0 Å². The Kier molecular flexibility index (Phi) is 3.82. The van der Waals surface area contributed by atoms with E-state index >= 15 is 0 Å². The molecule has 0 spiro atoms. The summed E-state index contributed by atoms with van der Waals surface area (Å²) in [5.41, 5.74) is 5.99. The minimum atomic E-state index is -0.202. The molecular weight excluding hydrogens is 256 g/mol. The molecule has 2 rings (SSSR count). The molecule has 0 aliphatic heterocycles. The largest absolute Gasteiger partial charge is 0.320 e. The second-order valence-electron chi connectivity index (χ2n) is 2.91. The van der Waals surface area contributed by atoms with Crippen molar-refractivity contribution in [3.8, 4) is 11.8 Å². The highest BCUT2D eigenvalue weighted by Crippen LogP contribution is 2.18. The molecule has 0 fully saturated rings. The summed E-state index contributed by atoms with van der Waals surface area (Å²) in [6, 6.07) is 1.80. The molecule has 3 N–H and O–H groups in total. The zero-order valence-corrected chi connectivity index (χ0v) is 10.3. The van der Waals surface area contributed by atoms with Crippen LogP contribution in [0.25, 0.3) is 0 Å². The number of thiophene rings is 1. The summed E-state index contributed by atoms with van der Waals surface area (Å²) < 4.78 is 3.66. The molecule has 2 aromatic heterocycles. The molecule has 7 heteroatoms. The van der Waals surface area contributed by atoms with Crippen molar-refractivity contribution in [2.24, 2.45) is 5.73 Å². The van der Waals surface area contributed by atoms with Gasteiger partial charge in [0.1, 0.15) is 9.88 Å². The van der Waals surface area contributed by atoms with Gasteiger partial charge in [0.25, 0.3) is 5.91 Å². The lowest BCUT2D eigenvalue weighted by Gasteiger charge is -1.98. The molecule has 0 aromatic carbocycles. The van der Waals surface area contributed by atoms with Gasteiger partial charge in [0.2, 0.25) is 0 Å². The van der Waals surface area contributed by atoms with Gasteiger partial charge in [-0.3, -0.25) is 4.79 Å². The van der Waals surface area contributed by atoms with Crippen molar-refractivity contribution in [2.45, 2.75) is 0 Å². The average Bonchev–Trinajstić information content (AvgIpc) is 2.96. The molecule has 0 bridgehead atoms. The standard InChI is InChI=1S/C10H8N4OS2/c11-4-1-2-7-3-5-16-9(7)10(15)13-8-6-12-14-17-8/h3,5-6H,4,11H2,(H,13,15). The van der Waals surface area contributed by atoms with Crippen LogP contribution in [0.15, 0.2) is 17.6 Å². The van der Waals surface area contributed by atoms with Crippen molar-refractivity contribution < 1.29 is 4.79 Å². The van der Waals surface area contributed by atoms with Crippen LogP contribution in [0.2, 0.25) is 0 Å². The molecule has 5 nitrogen and oxygen atoms in total. The Bertz CT molecular complexity index is 565. The number of rotatable bonds is 2. The molecule has 2 aromatic rings. The molecule has 0 atom stereocenters. The van der Waals surface area contributed by atoms with Crippen LogP contribution in [0, 0.1) is 11.8 Å². The van der Waals surface area contributed by atoms with E-state index in [0.29, 0.717) is 15.4 Å². The summed E-state index contributed by atoms with van der Waals surface area (Å²) in [4.78, 5) is 12.5. The molecule has 17 heavy (non-hydrogen) atoms. The van der Waals surface area contributed by atoms with Gasteiger partial charge in [-0.25, -0.2) is 0 Å². The van der Waals surface area contributed by atoms with Gasteiger partial charge >= 0.3 is 0 Å². The van der Waals surface area contributed by atoms with Crippen LogP contribution in [0.1, 0.15) is 15.2 Å². The minimum absolute atomic E-state index is 0.202. The Hall–Kier alpha value is -1.75. The van der Waals surface area contributed by atoms with Gasteiger partial charge in [0.05, 0.1) is 12.7 Å². The molecule has 0 saturated carbocycles. The fraction of sp³-hybridized carbons (Fsp3) is 0.100. The third-order valence-corrected chi connectivity index (χ3v) is 3.29. The number of nitrogens with one attached hydrogen (secondary N) is 1. The van der Waals surface area contributed by atoms with E-state index in [1.165, 1.54) is 17.5 Å². The number of carbonyl (C=O) groups excluding carboxylic acids is 1. The van der Waals surface area contributed by atoms with Crippen LogP contribution in [-0.4, -0.2) is 22.0 Å². The van der Waals surface area contributed by atoms with E-state index in [9.17, 15) is 4.79 Å². The summed E-state index contributed by atoms with van der Waals surface area (Å²) in [6.45, 7) is 0.273. The Morgan fingerprint density at radius 3 is 3.18 bits per heavy atom. The predicted molar refractivity (Wildman–Crippen MR) is 68.1 cm³/mol. The number of nitrogens with zero attached hydrogens (tertiary/aromatic N) is 2. The monoisotopic (exact) mass is 264 g/mol. The second-order valence-corrected chi connectivity index (χ2v) is 4.61. The smallest absolute Gasteiger partial charge is 0.267 e. The quantitative estimate of drug-likeness (QED) is 0.798. The summed E-state index contributed by atoms with van der Waals surface area (Å²) in [5, 5.41) is 8.78. The Morgan fingerprint density at radius 2 is 2.47 bits per heavy atom. The van der Waals surface area contributed by atoms with Gasteiger partial charge in [-0.1, -0.05) is 16.3 Å². The zero-order valence-electron chi connectivity index (χ0n) is 8.64. The summed E-state index contributed by atoms with van der Waals surface area (Å²) in [7, 11) is 0. The van der Waals surface area contributed by atoms with E-state index in [1.807, 2.05) is 5.38 Å². The number of carbonyl (C=O) groups is 1. The van der Waals surface area contributed by atoms with Crippen molar-refractivity contribution in [3.63, 3.8) is 0 Å². The number of nitrogens with two attached hydrogens (primary N) is 1. The van der Waals surface area contributed by atoms with Crippen molar-refractivity contribution in [1.29, 1.82) is 0 Å². The highest BCUT2D eigenvalue weighted by atomic mass is 32.1. The third kappa shape index (κ3) is 2.88. The lowest BCUT2D eigenvalue weighted by Crippen LogP contribution is -2.10. The first-order valence-electron chi connectivity index (χ1n) is 4.66. The van der Waals surface area contributed by atoms with Gasteiger partial charge in [-0.05, 0) is 11.4 Å². The third-order valence-electron chi connectivity index (χ3n) is 1.79. The van der Waals surface area contributed by atoms with Gasteiger partial charge in [-0.15, -0.1) is 16.4 Å². The fourth-order valence-corrected chi connectivity index (χ4v) is 2.28. The lowest BCUT2D eigenvalue weighted by atomic mass is 10.2. The first kappa shape index (κ1) is 11.7. The van der Waals surface area contributed by atoms with Gasteiger partial charge in [0, 0.05) is 17.1 Å². The van der Waals surface area contributed by atoms with E-state index in [2.05, 4.69) is 26.7 Å². The molecule has 0 unspecified atom stereocenters. The van der Waals surface area contributed by atoms with Gasteiger partial charge < -0.3 is 11.1 Å². The number of hydrogen-bond acceptors (Lipinski definition) is 6. The number of anilines is 1. The molecule has 2 heterocycles. The fourth-order valence-electron chi connectivity index (χ4n) is 1.12. The van der Waals surface area contributed by atoms with Crippen molar-refractivity contribution in [3.05, 3.63) is 28.1 Å². The highest BCUT2D eigenvalue weighted by molar-refractivity contribution is 7.13. The van der Waals surface area contributed by atoms with E-state index in [4.69, 9.17) is 5.73 Å². The number of aromatic nitrogens is 2. The van der Waals surface area contributed by atoms with Gasteiger partial charge in [0.15, 0.2) is 0 Å². The maximum Gasteiger partial charge on any atom is 0.267 e. The number of hydrogen-bond donors (Lipinski definition) is 2. The molecule has 0 aliphatic carbocycles. The van der Waals surface area contributed by atoms with Crippen molar-refractivity contribution >= 4 is 33.8 Å². The first-order chi connectivity index (χ1) is 8.31. The van der Waals surface area contributed by atoms with Crippen LogP contribution >= 0.6 is 22.9 Å². The molecule has 0 saturated heterocycles. The summed E-state index contributed by atoms with van der Waals surface area (Å²) >= 11 is 2.47. The average molecular weight is 264 g/mol. The van der Waals surface area contributed by atoms with Crippen molar-refractivity contribution in [1.82, 2.24) is 9.59 Å². The van der Waals surface area contributed by atoms with Crippen LogP contribution in [0.5, 0.6) is 0 Å². The SMILES string of the molecule is NCC#Cc1ccsc1C(=O)Nc1cnns1. The maximum atomic E-state index is 11.9. The Morgan fingerprint density at radius 1 is 1.59 bits per heavy atom. The van der Waals surface area contributed by atoms with E-state index < -0.39 is 0 Å². The van der Waals surface area contributed by atoms with E-state index in [0.717, 1.165) is 11.5 Å². The number of amides is 1. The molecule has 1 amide bonds. The summed E-state index contributed by atoms with van der Waals surface area (Å²) in [6.07, 6.45) is 1.50. The van der Waals surface area contributed by atoms with Crippen LogP contribution in [0.3, 0.4) is 0 Å². The van der Waals surface area contributed by atoms with E-state index in [-0.39, 0.29) is 12.5 Å². The second kappa shape index (κ2) is 5.54. The topological polar surface area (TPSA) is 80.9 Å². The molecule has 0 radical (unpaired) electrons. The minimum Gasteiger partial charge on any atom is -0.320 e. The maximum absolute atomic E-state index is 11.9. The lowest BCUT2D eigenvalue weighted by molar-refractivity contribution is 0.103. The zero-order chi connectivity index (χ0) is 12.1. The van der Waals surface area contributed by atoms with Crippen LogP contribution < -0.4 is 11.1 Å². The van der Waals surface area contributed by atoms with Crippen LogP contribution in [-0.2, 0) is 0 Å². The Labute approximate surface area is 106 Å². The molecular formula is C10H8N4OS2. The Balaban J connectivity index is 2.17. The predicted octanol–water partition coefficient (Wildman–Crippen LogP) is 1.16. The first-order valence-corrected chi connectivity index (χ1v) is 6.31. The molecule has 0 aliphatic rings. The summed E-state index contributed by atoms with van der Waals surface area (Å²) in [5.74, 6) is 5.39. The highest BCUT2D eigenvalue weighted by Gasteiger charge is 2.12. The van der Waals surface area contributed by atoms with E-state index in [1.54, 1.807) is 6.07 Å². The van der Waals surface area contributed by atoms with Crippen molar-refractivity contribution in [2.75, 3.05) is 11.9 Å². The molecule has 86 valence electrons. The normalized spacial score (nSPS) is 9.47.